The average Bonchev–Trinajstić information content (AvgIpc) is 3.14. The highest BCUT2D eigenvalue weighted by Gasteiger charge is 2.12. The minimum atomic E-state index is -0.292. The summed E-state index contributed by atoms with van der Waals surface area (Å²) in [4.78, 5) is 15.8. The smallest absolute Gasteiger partial charge is 0.315 e. The molecule has 0 aliphatic rings. The monoisotopic (exact) mass is 285 g/mol. The third-order valence-electron chi connectivity index (χ3n) is 3.09. The molecule has 0 spiro atoms. The van der Waals surface area contributed by atoms with Gasteiger partial charge in [-0.05, 0) is 19.1 Å². The molecule has 0 fully saturated rings. The molecule has 0 aliphatic heterocycles. The molecular weight excluding hydrogens is 270 g/mol. The van der Waals surface area contributed by atoms with Crippen LogP contribution in [0, 0.1) is 0 Å². The summed E-state index contributed by atoms with van der Waals surface area (Å²) in [6.45, 7) is 2.14. The summed E-state index contributed by atoms with van der Waals surface area (Å²) in [5, 5.41) is 13.0. The number of para-hydroxylation sites is 1. The van der Waals surface area contributed by atoms with Crippen molar-refractivity contribution in [2.75, 3.05) is 0 Å². The van der Waals surface area contributed by atoms with Crippen molar-refractivity contribution in [2.45, 2.75) is 19.5 Å². The molecule has 3 aromatic rings. The number of hydrogen-bond acceptors (Lipinski definition) is 4. The molecule has 2 aromatic heterocycles. The molecule has 7 heteroatoms. The van der Waals surface area contributed by atoms with Gasteiger partial charge < -0.3 is 15.1 Å². The number of fused-ring (bicyclic) bond motifs is 1. The second-order valence-electron chi connectivity index (χ2n) is 4.67. The molecule has 1 atom stereocenters. The first-order valence-corrected chi connectivity index (χ1v) is 6.59. The number of benzene rings is 1. The van der Waals surface area contributed by atoms with Crippen LogP contribution in [0.25, 0.3) is 11.0 Å². The Morgan fingerprint density at radius 1 is 1.43 bits per heavy atom. The minimum Gasteiger partial charge on any atom is -0.459 e. The Morgan fingerprint density at radius 3 is 3.05 bits per heavy atom. The first-order chi connectivity index (χ1) is 10.2. The van der Waals surface area contributed by atoms with Crippen LogP contribution in [-0.4, -0.2) is 21.2 Å². The lowest BCUT2D eigenvalue weighted by molar-refractivity contribution is 0.236. The van der Waals surface area contributed by atoms with E-state index in [1.54, 1.807) is 0 Å². The van der Waals surface area contributed by atoms with Crippen molar-refractivity contribution in [1.29, 1.82) is 0 Å². The van der Waals surface area contributed by atoms with Crippen molar-refractivity contribution < 1.29 is 9.21 Å². The predicted molar refractivity (Wildman–Crippen MR) is 76.4 cm³/mol. The second kappa shape index (κ2) is 5.66. The van der Waals surface area contributed by atoms with E-state index in [1.807, 2.05) is 37.3 Å². The van der Waals surface area contributed by atoms with Gasteiger partial charge in [0.05, 0.1) is 12.6 Å². The fraction of sp³-hybridized carbons (Fsp3) is 0.214. The summed E-state index contributed by atoms with van der Waals surface area (Å²) < 4.78 is 5.62. The number of aromatic amines is 1. The molecular formula is C14H15N5O2. The van der Waals surface area contributed by atoms with Crippen LogP contribution in [0.1, 0.15) is 24.6 Å². The van der Waals surface area contributed by atoms with Crippen molar-refractivity contribution >= 4 is 17.0 Å². The lowest BCUT2D eigenvalue weighted by Gasteiger charge is -2.11. The number of carbonyl (C=O) groups excluding carboxylic acids is 1. The highest BCUT2D eigenvalue weighted by atomic mass is 16.3. The summed E-state index contributed by atoms with van der Waals surface area (Å²) in [6, 6.07) is 9.09. The Hall–Kier alpha value is -2.83. The fourth-order valence-corrected chi connectivity index (χ4v) is 2.03. The molecule has 1 unspecified atom stereocenters. The van der Waals surface area contributed by atoms with Crippen LogP contribution < -0.4 is 10.6 Å². The van der Waals surface area contributed by atoms with Gasteiger partial charge >= 0.3 is 6.03 Å². The maximum absolute atomic E-state index is 11.8. The number of carbonyl (C=O) groups is 1. The van der Waals surface area contributed by atoms with Crippen molar-refractivity contribution in [2.24, 2.45) is 0 Å². The summed E-state index contributed by atoms with van der Waals surface area (Å²) in [6.07, 6.45) is 1.40. The van der Waals surface area contributed by atoms with E-state index in [-0.39, 0.29) is 12.1 Å². The largest absolute Gasteiger partial charge is 0.459 e. The van der Waals surface area contributed by atoms with E-state index in [2.05, 4.69) is 25.8 Å². The predicted octanol–water partition coefficient (Wildman–Crippen LogP) is 2.11. The summed E-state index contributed by atoms with van der Waals surface area (Å²) >= 11 is 0. The van der Waals surface area contributed by atoms with Crippen LogP contribution in [0.15, 0.2) is 41.1 Å². The van der Waals surface area contributed by atoms with E-state index in [9.17, 15) is 4.79 Å². The highest BCUT2D eigenvalue weighted by molar-refractivity contribution is 5.78. The molecule has 108 valence electrons. The van der Waals surface area contributed by atoms with Crippen molar-refractivity contribution in [1.82, 2.24) is 25.8 Å². The maximum Gasteiger partial charge on any atom is 0.315 e. The van der Waals surface area contributed by atoms with Gasteiger partial charge in [-0.2, -0.15) is 5.10 Å². The molecule has 21 heavy (non-hydrogen) atoms. The third-order valence-corrected chi connectivity index (χ3v) is 3.09. The van der Waals surface area contributed by atoms with Gasteiger partial charge in [-0.1, -0.05) is 18.2 Å². The number of nitrogens with one attached hydrogen (secondary N) is 3. The van der Waals surface area contributed by atoms with Gasteiger partial charge in [-0.15, -0.1) is 0 Å². The number of furan rings is 1. The molecule has 0 aliphatic carbocycles. The summed E-state index contributed by atoms with van der Waals surface area (Å²) in [5.74, 6) is 1.31. The zero-order chi connectivity index (χ0) is 14.7. The van der Waals surface area contributed by atoms with Crippen molar-refractivity contribution in [3.8, 4) is 0 Å². The van der Waals surface area contributed by atoms with Crippen LogP contribution in [-0.2, 0) is 6.54 Å². The molecule has 0 saturated heterocycles. The SMILES string of the molecule is CC(NC(=O)NCc1cc2ccccc2o1)c1ncn[nH]1. The van der Waals surface area contributed by atoms with Gasteiger partial charge in [-0.25, -0.2) is 9.78 Å². The van der Waals surface area contributed by atoms with Crippen LogP contribution in [0.4, 0.5) is 4.79 Å². The van der Waals surface area contributed by atoms with Gasteiger partial charge in [0.15, 0.2) is 0 Å². The van der Waals surface area contributed by atoms with Gasteiger partial charge in [0, 0.05) is 5.39 Å². The summed E-state index contributed by atoms with van der Waals surface area (Å²) in [7, 11) is 0. The molecule has 0 radical (unpaired) electrons. The average molecular weight is 285 g/mol. The van der Waals surface area contributed by atoms with E-state index in [1.165, 1.54) is 6.33 Å². The maximum atomic E-state index is 11.8. The molecule has 0 bridgehead atoms. The second-order valence-corrected chi connectivity index (χ2v) is 4.67. The Balaban J connectivity index is 1.56. The van der Waals surface area contributed by atoms with E-state index in [4.69, 9.17) is 4.42 Å². The minimum absolute atomic E-state index is 0.247. The molecule has 3 N–H and O–H groups in total. The normalized spacial score (nSPS) is 12.2. The zero-order valence-electron chi connectivity index (χ0n) is 11.5. The van der Waals surface area contributed by atoms with Crippen molar-refractivity contribution in [3.63, 3.8) is 0 Å². The Morgan fingerprint density at radius 2 is 2.29 bits per heavy atom. The first kappa shape index (κ1) is 13.2. The molecule has 3 rings (SSSR count). The quantitative estimate of drug-likeness (QED) is 0.684. The van der Waals surface area contributed by atoms with Crippen LogP contribution in [0.2, 0.25) is 0 Å². The standard InChI is InChI=1S/C14H15N5O2/c1-9(13-16-8-17-19-13)18-14(20)15-7-11-6-10-4-2-3-5-12(10)21-11/h2-6,8-9H,7H2,1H3,(H2,15,18,20)(H,16,17,19). The van der Waals surface area contributed by atoms with E-state index in [0.29, 0.717) is 18.1 Å². The van der Waals surface area contributed by atoms with Crippen molar-refractivity contribution in [3.05, 3.63) is 48.2 Å². The lowest BCUT2D eigenvalue weighted by atomic mass is 10.2. The number of amides is 2. The molecule has 2 heterocycles. The lowest BCUT2D eigenvalue weighted by Crippen LogP contribution is -2.36. The number of H-pyrrole nitrogens is 1. The van der Waals surface area contributed by atoms with Crippen LogP contribution in [0.5, 0.6) is 0 Å². The Bertz CT molecular complexity index is 702. The number of rotatable bonds is 4. The van der Waals surface area contributed by atoms with Crippen LogP contribution >= 0.6 is 0 Å². The molecule has 2 amide bonds. The highest BCUT2D eigenvalue weighted by Crippen LogP contribution is 2.18. The molecule has 1 aromatic carbocycles. The van der Waals surface area contributed by atoms with Gasteiger partial charge in [0.1, 0.15) is 23.5 Å². The zero-order valence-corrected chi connectivity index (χ0v) is 11.5. The van der Waals surface area contributed by atoms with E-state index >= 15 is 0 Å². The number of aromatic nitrogens is 3. The molecule has 0 saturated carbocycles. The van der Waals surface area contributed by atoms with Gasteiger partial charge in [-0.3, -0.25) is 5.10 Å². The number of nitrogens with zero attached hydrogens (tertiary/aromatic N) is 2. The van der Waals surface area contributed by atoms with Gasteiger partial charge in [0.25, 0.3) is 0 Å². The Kier molecular flexibility index (Phi) is 3.55. The first-order valence-electron chi connectivity index (χ1n) is 6.59. The summed E-state index contributed by atoms with van der Waals surface area (Å²) in [5.41, 5.74) is 0.810. The molecule has 7 nitrogen and oxygen atoms in total. The third kappa shape index (κ3) is 3.02. The van der Waals surface area contributed by atoms with Crippen LogP contribution in [0.3, 0.4) is 0 Å². The van der Waals surface area contributed by atoms with E-state index < -0.39 is 0 Å². The van der Waals surface area contributed by atoms with E-state index in [0.717, 1.165) is 11.0 Å². The topological polar surface area (TPSA) is 95.8 Å². The van der Waals surface area contributed by atoms with Gasteiger partial charge in [0.2, 0.25) is 0 Å². The fourth-order valence-electron chi connectivity index (χ4n) is 2.03. The Labute approximate surface area is 120 Å². The number of hydrogen-bond donors (Lipinski definition) is 3. The number of urea groups is 1.